The minimum atomic E-state index is -0.586. The summed E-state index contributed by atoms with van der Waals surface area (Å²) in [6.45, 7) is 0. The zero-order chi connectivity index (χ0) is 13.8. The summed E-state index contributed by atoms with van der Waals surface area (Å²) in [6, 6.07) is 5.61. The fourth-order valence-electron chi connectivity index (χ4n) is 1.33. The van der Waals surface area contributed by atoms with Gasteiger partial charge in [-0.3, -0.25) is 15.6 Å². The molecule has 7 heteroatoms. The summed E-state index contributed by atoms with van der Waals surface area (Å²) >= 11 is 11.4. The summed E-state index contributed by atoms with van der Waals surface area (Å²) < 4.78 is 13.6. The number of nitrogens with one attached hydrogen (secondary N) is 2. The first-order chi connectivity index (χ1) is 9.10. The number of hydrogen-bond donors (Lipinski definition) is 2. The van der Waals surface area contributed by atoms with Gasteiger partial charge < -0.3 is 0 Å². The molecule has 0 saturated carbocycles. The Kier molecular flexibility index (Phi) is 4.19. The molecule has 0 unspecified atom stereocenters. The van der Waals surface area contributed by atoms with Gasteiger partial charge in [-0.2, -0.15) is 0 Å². The third kappa shape index (κ3) is 3.33. The Balaban J connectivity index is 2.15. The van der Waals surface area contributed by atoms with Crippen molar-refractivity contribution in [1.29, 1.82) is 0 Å². The minimum Gasteiger partial charge on any atom is -0.298 e. The summed E-state index contributed by atoms with van der Waals surface area (Å²) in [5.41, 5.74) is 5.56. The van der Waals surface area contributed by atoms with Crippen LogP contribution >= 0.6 is 23.2 Å². The summed E-state index contributed by atoms with van der Waals surface area (Å²) in [7, 11) is 0. The van der Waals surface area contributed by atoms with E-state index in [-0.39, 0.29) is 16.3 Å². The number of pyridine rings is 1. The van der Waals surface area contributed by atoms with Gasteiger partial charge in [0.15, 0.2) is 6.29 Å². The van der Waals surface area contributed by atoms with Crippen LogP contribution in [0.5, 0.6) is 0 Å². The van der Waals surface area contributed by atoms with Crippen LogP contribution in [-0.2, 0) is 0 Å². The van der Waals surface area contributed by atoms with Gasteiger partial charge in [0.05, 0.1) is 15.7 Å². The van der Waals surface area contributed by atoms with Gasteiger partial charge in [0.25, 0.3) is 0 Å². The number of carbonyl (C=O) groups is 1. The van der Waals surface area contributed by atoms with Crippen molar-refractivity contribution < 1.29 is 9.18 Å². The maximum atomic E-state index is 13.6. The Hall–Kier alpha value is -1.85. The number of halogens is 3. The highest BCUT2D eigenvalue weighted by molar-refractivity contribution is 6.33. The molecule has 2 rings (SSSR count). The van der Waals surface area contributed by atoms with Crippen molar-refractivity contribution in [2.24, 2.45) is 0 Å². The van der Waals surface area contributed by atoms with Crippen LogP contribution < -0.4 is 10.9 Å². The van der Waals surface area contributed by atoms with Gasteiger partial charge in [-0.25, -0.2) is 9.37 Å². The first kappa shape index (κ1) is 13.6. The molecule has 0 aliphatic carbocycles. The maximum Gasteiger partial charge on any atom is 0.151 e. The first-order valence-electron chi connectivity index (χ1n) is 5.18. The standard InChI is InChI=1S/C12H8Cl2FN3O/c13-8-1-2-12(16-5-8)18-17-11-3-7(6-19)9(14)4-10(11)15/h1-6,17H,(H,16,18). The van der Waals surface area contributed by atoms with Crippen LogP contribution in [0.1, 0.15) is 10.4 Å². The van der Waals surface area contributed by atoms with Gasteiger partial charge in [-0.05, 0) is 24.3 Å². The van der Waals surface area contributed by atoms with E-state index in [0.29, 0.717) is 17.1 Å². The van der Waals surface area contributed by atoms with Crippen molar-refractivity contribution in [3.63, 3.8) is 0 Å². The number of hydrogen-bond acceptors (Lipinski definition) is 4. The molecular formula is C12H8Cl2FN3O. The van der Waals surface area contributed by atoms with Crippen molar-refractivity contribution in [3.8, 4) is 0 Å². The quantitative estimate of drug-likeness (QED) is 0.666. The largest absolute Gasteiger partial charge is 0.298 e. The molecular weight excluding hydrogens is 292 g/mol. The average Bonchev–Trinajstić information content (AvgIpc) is 2.40. The van der Waals surface area contributed by atoms with E-state index in [4.69, 9.17) is 23.2 Å². The molecule has 0 radical (unpaired) electrons. The average molecular weight is 300 g/mol. The lowest BCUT2D eigenvalue weighted by Gasteiger charge is -2.10. The van der Waals surface area contributed by atoms with E-state index in [9.17, 15) is 9.18 Å². The van der Waals surface area contributed by atoms with Crippen molar-refractivity contribution in [3.05, 3.63) is 51.9 Å². The van der Waals surface area contributed by atoms with Crippen LogP contribution in [0.2, 0.25) is 10.0 Å². The van der Waals surface area contributed by atoms with Crippen molar-refractivity contribution >= 4 is 41.0 Å². The van der Waals surface area contributed by atoms with E-state index in [0.717, 1.165) is 6.07 Å². The monoisotopic (exact) mass is 299 g/mol. The Morgan fingerprint density at radius 1 is 1.21 bits per heavy atom. The second-order valence-corrected chi connectivity index (χ2v) is 4.43. The van der Waals surface area contributed by atoms with Gasteiger partial charge in [-0.15, -0.1) is 0 Å². The predicted molar refractivity (Wildman–Crippen MR) is 73.3 cm³/mol. The SMILES string of the molecule is O=Cc1cc(NNc2ccc(Cl)cn2)c(F)cc1Cl. The lowest BCUT2D eigenvalue weighted by atomic mass is 10.2. The molecule has 0 atom stereocenters. The third-order valence-electron chi connectivity index (χ3n) is 2.27. The summed E-state index contributed by atoms with van der Waals surface area (Å²) in [5, 5.41) is 0.550. The van der Waals surface area contributed by atoms with Crippen LogP contribution in [0.15, 0.2) is 30.5 Å². The molecule has 0 spiro atoms. The van der Waals surface area contributed by atoms with E-state index >= 15 is 0 Å². The molecule has 0 aliphatic heterocycles. The predicted octanol–water partition coefficient (Wildman–Crippen LogP) is 3.78. The Bertz CT molecular complexity index is 605. The number of nitrogens with zero attached hydrogens (tertiary/aromatic N) is 1. The highest BCUT2D eigenvalue weighted by atomic mass is 35.5. The van der Waals surface area contributed by atoms with Gasteiger partial charge in [0, 0.05) is 11.8 Å². The van der Waals surface area contributed by atoms with Crippen LogP contribution in [0, 0.1) is 5.82 Å². The highest BCUT2D eigenvalue weighted by Gasteiger charge is 2.08. The topological polar surface area (TPSA) is 54.0 Å². The third-order valence-corrected chi connectivity index (χ3v) is 2.82. The summed E-state index contributed by atoms with van der Waals surface area (Å²) in [5.74, 6) is -0.136. The van der Waals surface area contributed by atoms with Crippen LogP contribution in [0.25, 0.3) is 0 Å². The van der Waals surface area contributed by atoms with E-state index in [1.807, 2.05) is 0 Å². The molecule has 0 bridgehead atoms. The second-order valence-electron chi connectivity index (χ2n) is 3.58. The smallest absolute Gasteiger partial charge is 0.151 e. The number of rotatable bonds is 4. The van der Waals surface area contributed by atoms with Crippen LogP contribution in [0.4, 0.5) is 15.9 Å². The molecule has 0 saturated heterocycles. The van der Waals surface area contributed by atoms with E-state index in [2.05, 4.69) is 15.8 Å². The van der Waals surface area contributed by atoms with Crippen molar-refractivity contribution in [2.75, 3.05) is 10.9 Å². The van der Waals surface area contributed by atoms with Crippen molar-refractivity contribution in [1.82, 2.24) is 4.98 Å². The fourth-order valence-corrected chi connectivity index (χ4v) is 1.64. The number of anilines is 2. The molecule has 98 valence electrons. The highest BCUT2D eigenvalue weighted by Crippen LogP contribution is 2.23. The minimum absolute atomic E-state index is 0.0580. The molecule has 19 heavy (non-hydrogen) atoms. The molecule has 0 amide bonds. The normalized spacial score (nSPS) is 10.1. The molecule has 1 heterocycles. The van der Waals surface area contributed by atoms with Crippen LogP contribution in [-0.4, -0.2) is 11.3 Å². The zero-order valence-corrected chi connectivity index (χ0v) is 11.0. The second kappa shape index (κ2) is 5.86. The van der Waals surface area contributed by atoms with E-state index in [1.54, 1.807) is 12.1 Å². The van der Waals surface area contributed by atoms with Gasteiger partial charge in [0.1, 0.15) is 11.6 Å². The number of aldehydes is 1. The summed E-state index contributed by atoms with van der Waals surface area (Å²) in [4.78, 5) is 14.7. The van der Waals surface area contributed by atoms with Gasteiger partial charge in [-0.1, -0.05) is 23.2 Å². The molecule has 4 nitrogen and oxygen atoms in total. The summed E-state index contributed by atoms with van der Waals surface area (Å²) in [6.07, 6.45) is 1.99. The number of hydrazine groups is 1. The lowest BCUT2D eigenvalue weighted by Crippen LogP contribution is -2.11. The molecule has 2 N–H and O–H groups in total. The van der Waals surface area contributed by atoms with Gasteiger partial charge >= 0.3 is 0 Å². The Labute approximate surface area is 118 Å². The molecule has 2 aromatic rings. The molecule has 0 fully saturated rings. The fraction of sp³-hybridized carbons (Fsp3) is 0. The Morgan fingerprint density at radius 3 is 2.63 bits per heavy atom. The number of benzene rings is 1. The molecule has 1 aromatic heterocycles. The van der Waals surface area contributed by atoms with E-state index < -0.39 is 5.82 Å². The Morgan fingerprint density at radius 2 is 2.00 bits per heavy atom. The molecule has 1 aromatic carbocycles. The lowest BCUT2D eigenvalue weighted by molar-refractivity contribution is 0.112. The maximum absolute atomic E-state index is 13.6. The number of aromatic nitrogens is 1. The zero-order valence-electron chi connectivity index (χ0n) is 9.45. The van der Waals surface area contributed by atoms with E-state index in [1.165, 1.54) is 12.3 Å². The molecule has 0 aliphatic rings. The first-order valence-corrected chi connectivity index (χ1v) is 5.93. The number of carbonyl (C=O) groups excluding carboxylic acids is 1. The van der Waals surface area contributed by atoms with Gasteiger partial charge in [0.2, 0.25) is 0 Å². The van der Waals surface area contributed by atoms with Crippen LogP contribution in [0.3, 0.4) is 0 Å². The van der Waals surface area contributed by atoms with Crippen molar-refractivity contribution in [2.45, 2.75) is 0 Å².